The number of aryl methyl sites for hydroxylation is 1. The van der Waals surface area contributed by atoms with Crippen molar-refractivity contribution in [3.05, 3.63) is 66.0 Å². The van der Waals surface area contributed by atoms with Crippen molar-refractivity contribution in [3.63, 3.8) is 0 Å². The molecule has 3 rings (SSSR count). The summed E-state index contributed by atoms with van der Waals surface area (Å²) in [6, 6.07) is 15.4. The summed E-state index contributed by atoms with van der Waals surface area (Å²) in [6.07, 6.45) is 3.22. The fraction of sp³-hybridized carbons (Fsp3) is 0.238. The molecule has 0 aliphatic rings. The molecular weight excluding hydrogens is 325 g/mol. The number of halogens is 3. The van der Waals surface area contributed by atoms with Gasteiger partial charge in [0.15, 0.2) is 0 Å². The lowest BCUT2D eigenvalue weighted by Crippen LogP contribution is -2.01. The number of hydrogen-bond donors (Lipinski definition) is 0. The largest absolute Gasteiger partial charge is 0.435 e. The van der Waals surface area contributed by atoms with Gasteiger partial charge in [-0.2, -0.15) is 8.78 Å². The lowest BCUT2D eigenvalue weighted by atomic mass is 9.98. The third-order valence-electron chi connectivity index (χ3n) is 4.23. The number of benzene rings is 3. The second kappa shape index (κ2) is 7.60. The molecule has 3 aromatic carbocycles. The highest BCUT2D eigenvalue weighted by molar-refractivity contribution is 5.88. The summed E-state index contributed by atoms with van der Waals surface area (Å²) in [4.78, 5) is 0. The van der Waals surface area contributed by atoms with Crippen LogP contribution in [0.5, 0.6) is 5.75 Å². The standard InChI is InChI=1S/C21H19F3O/c1-2-3-4-14-5-11-19-16(13-14)8-12-18(20(19)22)15-6-9-17(10-7-15)25-21(23)24/h5-13,21H,2-4H2,1H3. The molecule has 0 fully saturated rings. The Morgan fingerprint density at radius 1 is 0.960 bits per heavy atom. The zero-order valence-corrected chi connectivity index (χ0v) is 13.9. The van der Waals surface area contributed by atoms with Crippen LogP contribution in [-0.2, 0) is 6.42 Å². The van der Waals surface area contributed by atoms with Crippen molar-refractivity contribution in [1.82, 2.24) is 0 Å². The molecule has 0 aromatic heterocycles. The van der Waals surface area contributed by atoms with E-state index in [0.29, 0.717) is 16.5 Å². The molecule has 0 saturated heterocycles. The first-order valence-corrected chi connectivity index (χ1v) is 8.35. The first-order valence-electron chi connectivity index (χ1n) is 8.35. The minimum Gasteiger partial charge on any atom is -0.435 e. The van der Waals surface area contributed by atoms with Crippen molar-refractivity contribution < 1.29 is 17.9 Å². The molecule has 1 nitrogen and oxygen atoms in total. The van der Waals surface area contributed by atoms with E-state index in [0.717, 1.165) is 24.6 Å². The number of rotatable bonds is 6. The Labute approximate surface area is 145 Å². The van der Waals surface area contributed by atoms with Gasteiger partial charge in [0.25, 0.3) is 0 Å². The summed E-state index contributed by atoms with van der Waals surface area (Å²) >= 11 is 0. The van der Waals surface area contributed by atoms with E-state index in [4.69, 9.17) is 0 Å². The number of alkyl halides is 2. The van der Waals surface area contributed by atoms with E-state index in [1.54, 1.807) is 18.2 Å². The maximum Gasteiger partial charge on any atom is 0.387 e. The number of hydrogen-bond acceptors (Lipinski definition) is 1. The maximum atomic E-state index is 14.9. The minimum atomic E-state index is -2.87. The van der Waals surface area contributed by atoms with Crippen LogP contribution in [0.4, 0.5) is 13.2 Å². The second-order valence-corrected chi connectivity index (χ2v) is 5.99. The van der Waals surface area contributed by atoms with E-state index in [1.807, 2.05) is 24.3 Å². The molecule has 0 aliphatic carbocycles. The Morgan fingerprint density at radius 2 is 1.72 bits per heavy atom. The zero-order valence-electron chi connectivity index (χ0n) is 13.9. The Hall–Kier alpha value is -2.49. The highest BCUT2D eigenvalue weighted by atomic mass is 19.3. The topological polar surface area (TPSA) is 9.23 Å². The first kappa shape index (κ1) is 17.3. The molecule has 0 spiro atoms. The molecule has 0 radical (unpaired) electrons. The monoisotopic (exact) mass is 344 g/mol. The van der Waals surface area contributed by atoms with Gasteiger partial charge >= 0.3 is 6.61 Å². The molecule has 0 bridgehead atoms. The molecule has 0 atom stereocenters. The molecule has 0 amide bonds. The molecular formula is C21H19F3O. The van der Waals surface area contributed by atoms with Crippen LogP contribution in [0, 0.1) is 5.82 Å². The van der Waals surface area contributed by atoms with Crippen LogP contribution in [0.1, 0.15) is 25.3 Å². The Balaban J connectivity index is 1.93. The van der Waals surface area contributed by atoms with E-state index >= 15 is 0 Å². The Morgan fingerprint density at radius 3 is 2.40 bits per heavy atom. The molecule has 0 unspecified atom stereocenters. The molecule has 3 aromatic rings. The molecule has 0 aliphatic heterocycles. The quantitative estimate of drug-likeness (QED) is 0.490. The van der Waals surface area contributed by atoms with E-state index in [2.05, 4.69) is 11.7 Å². The van der Waals surface area contributed by atoms with Gasteiger partial charge in [-0.1, -0.05) is 55.8 Å². The molecule has 0 heterocycles. The fourth-order valence-electron chi connectivity index (χ4n) is 2.92. The van der Waals surface area contributed by atoms with Gasteiger partial charge in [0.05, 0.1) is 0 Å². The first-order chi connectivity index (χ1) is 12.1. The van der Waals surface area contributed by atoms with E-state index < -0.39 is 6.61 Å². The SMILES string of the molecule is CCCCc1ccc2c(F)c(-c3ccc(OC(F)F)cc3)ccc2c1. The summed E-state index contributed by atoms with van der Waals surface area (Å²) in [6.45, 7) is -0.727. The summed E-state index contributed by atoms with van der Waals surface area (Å²) in [5.74, 6) is -0.248. The lowest BCUT2D eigenvalue weighted by Gasteiger charge is -2.10. The van der Waals surface area contributed by atoms with E-state index in [9.17, 15) is 13.2 Å². The normalized spacial score (nSPS) is 11.2. The predicted octanol–water partition coefficient (Wildman–Crippen LogP) is 6.59. The van der Waals surface area contributed by atoms with Crippen LogP contribution in [0.3, 0.4) is 0 Å². The highest BCUT2D eigenvalue weighted by Crippen LogP contribution is 2.31. The van der Waals surface area contributed by atoms with Gasteiger partial charge < -0.3 is 4.74 Å². The van der Waals surface area contributed by atoms with Gasteiger partial charge in [-0.3, -0.25) is 0 Å². The Kier molecular flexibility index (Phi) is 5.27. The summed E-state index contributed by atoms with van der Waals surface area (Å²) in [7, 11) is 0. The van der Waals surface area contributed by atoms with Gasteiger partial charge in [-0.25, -0.2) is 4.39 Å². The molecule has 0 N–H and O–H groups in total. The van der Waals surface area contributed by atoms with Crippen molar-refractivity contribution in [2.24, 2.45) is 0 Å². The zero-order chi connectivity index (χ0) is 17.8. The van der Waals surface area contributed by atoms with E-state index in [-0.39, 0.29) is 11.6 Å². The van der Waals surface area contributed by atoms with Crippen molar-refractivity contribution in [2.45, 2.75) is 32.8 Å². The van der Waals surface area contributed by atoms with E-state index in [1.165, 1.54) is 17.7 Å². The number of fused-ring (bicyclic) bond motifs is 1. The smallest absolute Gasteiger partial charge is 0.387 e. The van der Waals surface area contributed by atoms with Crippen molar-refractivity contribution in [3.8, 4) is 16.9 Å². The molecule has 4 heteroatoms. The van der Waals surface area contributed by atoms with Gasteiger partial charge in [0.1, 0.15) is 11.6 Å². The second-order valence-electron chi connectivity index (χ2n) is 5.99. The van der Waals surface area contributed by atoms with Crippen molar-refractivity contribution >= 4 is 10.8 Å². The molecule has 130 valence electrons. The summed E-state index contributed by atoms with van der Waals surface area (Å²) < 4.78 is 43.6. The number of ether oxygens (including phenoxy) is 1. The third-order valence-corrected chi connectivity index (χ3v) is 4.23. The third kappa shape index (κ3) is 3.95. The summed E-state index contributed by atoms with van der Waals surface area (Å²) in [5.41, 5.74) is 2.27. The summed E-state index contributed by atoms with van der Waals surface area (Å²) in [5, 5.41) is 1.43. The Bertz CT molecular complexity index is 857. The highest BCUT2D eigenvalue weighted by Gasteiger charge is 2.11. The molecule has 25 heavy (non-hydrogen) atoms. The average molecular weight is 344 g/mol. The number of unbranched alkanes of at least 4 members (excludes halogenated alkanes) is 1. The van der Waals surface area contributed by atoms with Gasteiger partial charge in [0.2, 0.25) is 0 Å². The van der Waals surface area contributed by atoms with Gasteiger partial charge in [-0.15, -0.1) is 0 Å². The van der Waals surface area contributed by atoms with Crippen LogP contribution in [0.25, 0.3) is 21.9 Å². The van der Waals surface area contributed by atoms with Crippen molar-refractivity contribution in [2.75, 3.05) is 0 Å². The van der Waals surface area contributed by atoms with Crippen LogP contribution >= 0.6 is 0 Å². The van der Waals surface area contributed by atoms with Gasteiger partial charge in [0, 0.05) is 10.9 Å². The predicted molar refractivity (Wildman–Crippen MR) is 94.6 cm³/mol. The van der Waals surface area contributed by atoms with Crippen LogP contribution in [0.15, 0.2) is 54.6 Å². The van der Waals surface area contributed by atoms with Crippen LogP contribution < -0.4 is 4.74 Å². The van der Waals surface area contributed by atoms with Gasteiger partial charge in [-0.05, 0) is 41.5 Å². The van der Waals surface area contributed by atoms with Crippen LogP contribution in [-0.4, -0.2) is 6.61 Å². The van der Waals surface area contributed by atoms with Crippen LogP contribution in [0.2, 0.25) is 0 Å². The maximum absolute atomic E-state index is 14.9. The average Bonchev–Trinajstić information content (AvgIpc) is 2.60. The lowest BCUT2D eigenvalue weighted by molar-refractivity contribution is -0.0498. The minimum absolute atomic E-state index is 0.0560. The molecule has 0 saturated carbocycles. The van der Waals surface area contributed by atoms with Crippen molar-refractivity contribution in [1.29, 1.82) is 0 Å². The fourth-order valence-corrected chi connectivity index (χ4v) is 2.92.